The number of hydrogen-bond donors (Lipinski definition) is 1. The van der Waals surface area contributed by atoms with Crippen LogP contribution in [0.1, 0.15) is 26.7 Å². The van der Waals surface area contributed by atoms with E-state index in [0.29, 0.717) is 26.2 Å². The largest absolute Gasteiger partial charge is 0.381 e. The van der Waals surface area contributed by atoms with Gasteiger partial charge in [0.05, 0.1) is 13.0 Å². The van der Waals surface area contributed by atoms with E-state index in [-0.39, 0.29) is 11.9 Å². The van der Waals surface area contributed by atoms with E-state index in [9.17, 15) is 4.79 Å². The summed E-state index contributed by atoms with van der Waals surface area (Å²) in [6, 6.07) is 0.217. The van der Waals surface area contributed by atoms with Gasteiger partial charge in [0.1, 0.15) is 0 Å². The summed E-state index contributed by atoms with van der Waals surface area (Å²) in [5, 5.41) is 0. The molecule has 0 aliphatic heterocycles. The highest BCUT2D eigenvalue weighted by atomic mass is 16.5. The molecule has 0 fully saturated rings. The van der Waals surface area contributed by atoms with E-state index in [2.05, 4.69) is 0 Å². The number of carbonyl (C=O) groups excluding carboxylic acids is 1. The Balaban J connectivity index is 3.74. The fourth-order valence-electron chi connectivity index (χ4n) is 1.16. The van der Waals surface area contributed by atoms with Gasteiger partial charge in [-0.2, -0.15) is 0 Å². The summed E-state index contributed by atoms with van der Waals surface area (Å²) in [7, 11) is 1.81. The van der Waals surface area contributed by atoms with Gasteiger partial charge in [0.25, 0.3) is 0 Å². The van der Waals surface area contributed by atoms with Gasteiger partial charge in [0.15, 0.2) is 0 Å². The highest BCUT2D eigenvalue weighted by molar-refractivity contribution is 5.76. The molecule has 1 atom stereocenters. The fraction of sp³-hybridized carbons (Fsp3) is 0.900. The van der Waals surface area contributed by atoms with Crippen LogP contribution in [0.25, 0.3) is 0 Å². The minimum absolute atomic E-state index is 0.124. The second kappa shape index (κ2) is 7.76. The van der Waals surface area contributed by atoms with E-state index in [1.165, 1.54) is 0 Å². The van der Waals surface area contributed by atoms with Crippen LogP contribution >= 0.6 is 0 Å². The molecule has 2 N–H and O–H groups in total. The molecule has 0 saturated carbocycles. The third-order valence-electron chi connectivity index (χ3n) is 2.30. The molecule has 0 aliphatic carbocycles. The maximum absolute atomic E-state index is 11.5. The van der Waals surface area contributed by atoms with E-state index in [1.54, 1.807) is 4.90 Å². The van der Waals surface area contributed by atoms with E-state index in [4.69, 9.17) is 10.5 Å². The van der Waals surface area contributed by atoms with E-state index >= 15 is 0 Å². The van der Waals surface area contributed by atoms with Crippen molar-refractivity contribution < 1.29 is 9.53 Å². The summed E-state index contributed by atoms with van der Waals surface area (Å²) in [6.45, 7) is 5.71. The molecule has 0 aliphatic rings. The van der Waals surface area contributed by atoms with Crippen LogP contribution < -0.4 is 5.73 Å². The number of carbonyl (C=O) groups is 1. The van der Waals surface area contributed by atoms with Crippen LogP contribution in [0, 0.1) is 0 Å². The van der Waals surface area contributed by atoms with E-state index in [1.807, 2.05) is 20.9 Å². The molecule has 84 valence electrons. The van der Waals surface area contributed by atoms with Crippen molar-refractivity contribution in [1.82, 2.24) is 4.90 Å². The Morgan fingerprint density at radius 3 is 2.71 bits per heavy atom. The number of nitrogens with zero attached hydrogens (tertiary/aromatic N) is 1. The minimum Gasteiger partial charge on any atom is -0.381 e. The third kappa shape index (κ3) is 5.19. The van der Waals surface area contributed by atoms with E-state index < -0.39 is 0 Å². The number of nitrogens with two attached hydrogens (primary N) is 1. The molecule has 0 radical (unpaired) electrons. The van der Waals surface area contributed by atoms with Crippen LogP contribution in [0.2, 0.25) is 0 Å². The number of rotatable bonds is 7. The summed E-state index contributed by atoms with van der Waals surface area (Å²) in [6.07, 6.45) is 1.30. The summed E-state index contributed by atoms with van der Waals surface area (Å²) >= 11 is 0. The van der Waals surface area contributed by atoms with Crippen molar-refractivity contribution >= 4 is 5.91 Å². The Hall–Kier alpha value is -0.610. The van der Waals surface area contributed by atoms with E-state index in [0.717, 1.165) is 6.42 Å². The SMILES string of the molecule is CCOCCC(=O)N(C)C(C)CCN. The molecule has 1 amide bonds. The third-order valence-corrected chi connectivity index (χ3v) is 2.30. The van der Waals surface area contributed by atoms with Crippen molar-refractivity contribution in [3.63, 3.8) is 0 Å². The van der Waals surface area contributed by atoms with Crippen molar-refractivity contribution in [2.45, 2.75) is 32.7 Å². The van der Waals surface area contributed by atoms with Crippen LogP contribution in [0.15, 0.2) is 0 Å². The molecule has 0 spiro atoms. The average Bonchev–Trinajstić information content (AvgIpc) is 2.17. The quantitative estimate of drug-likeness (QED) is 0.615. The van der Waals surface area contributed by atoms with Gasteiger partial charge in [0, 0.05) is 19.7 Å². The number of hydrogen-bond acceptors (Lipinski definition) is 3. The lowest BCUT2D eigenvalue weighted by Gasteiger charge is -2.24. The number of ether oxygens (including phenoxy) is 1. The summed E-state index contributed by atoms with van der Waals surface area (Å²) in [4.78, 5) is 13.3. The first-order valence-electron chi connectivity index (χ1n) is 5.17. The predicted molar refractivity (Wildman–Crippen MR) is 57.0 cm³/mol. The molecule has 4 nitrogen and oxygen atoms in total. The van der Waals surface area contributed by atoms with Crippen LogP contribution in [0.4, 0.5) is 0 Å². The van der Waals surface area contributed by atoms with Crippen molar-refractivity contribution in [2.24, 2.45) is 5.73 Å². The molecule has 0 saturated heterocycles. The lowest BCUT2D eigenvalue weighted by atomic mass is 10.2. The Morgan fingerprint density at radius 1 is 1.57 bits per heavy atom. The topological polar surface area (TPSA) is 55.6 Å². The summed E-state index contributed by atoms with van der Waals surface area (Å²) < 4.78 is 5.12. The maximum Gasteiger partial charge on any atom is 0.224 e. The van der Waals surface area contributed by atoms with Crippen molar-refractivity contribution in [1.29, 1.82) is 0 Å². The first-order valence-corrected chi connectivity index (χ1v) is 5.17. The van der Waals surface area contributed by atoms with Gasteiger partial charge >= 0.3 is 0 Å². The van der Waals surface area contributed by atoms with Crippen LogP contribution in [0.3, 0.4) is 0 Å². The lowest BCUT2D eigenvalue weighted by molar-refractivity contribution is -0.132. The normalized spacial score (nSPS) is 12.6. The average molecular weight is 202 g/mol. The molecule has 0 rings (SSSR count). The van der Waals surface area contributed by atoms with Gasteiger partial charge in [-0.3, -0.25) is 4.79 Å². The predicted octanol–water partition coefficient (Wildman–Crippen LogP) is 0.609. The molecule has 0 aromatic carbocycles. The first kappa shape index (κ1) is 13.4. The molecular weight excluding hydrogens is 180 g/mol. The van der Waals surface area contributed by atoms with Gasteiger partial charge in [-0.05, 0) is 26.8 Å². The van der Waals surface area contributed by atoms with Gasteiger partial charge in [0.2, 0.25) is 5.91 Å². The maximum atomic E-state index is 11.5. The Morgan fingerprint density at radius 2 is 2.21 bits per heavy atom. The second-order valence-electron chi connectivity index (χ2n) is 3.38. The summed E-state index contributed by atoms with van der Waals surface area (Å²) in [5.41, 5.74) is 5.43. The van der Waals surface area contributed by atoms with Gasteiger partial charge in [-0.25, -0.2) is 0 Å². The second-order valence-corrected chi connectivity index (χ2v) is 3.38. The van der Waals surface area contributed by atoms with Gasteiger partial charge in [-0.15, -0.1) is 0 Å². The molecule has 0 aromatic heterocycles. The minimum atomic E-state index is 0.124. The first-order chi connectivity index (χ1) is 6.63. The van der Waals surface area contributed by atoms with Crippen LogP contribution in [-0.4, -0.2) is 43.7 Å². The molecule has 1 unspecified atom stereocenters. The van der Waals surface area contributed by atoms with Gasteiger partial charge in [-0.1, -0.05) is 0 Å². The zero-order valence-corrected chi connectivity index (χ0v) is 9.45. The lowest BCUT2D eigenvalue weighted by Crippen LogP contribution is -2.36. The highest BCUT2D eigenvalue weighted by Gasteiger charge is 2.14. The van der Waals surface area contributed by atoms with Crippen LogP contribution in [0.5, 0.6) is 0 Å². The molecule has 14 heavy (non-hydrogen) atoms. The molecular formula is C10H22N2O2. The van der Waals surface area contributed by atoms with Crippen LogP contribution in [-0.2, 0) is 9.53 Å². The molecule has 0 heterocycles. The van der Waals surface area contributed by atoms with Crippen molar-refractivity contribution in [3.8, 4) is 0 Å². The van der Waals surface area contributed by atoms with Crippen molar-refractivity contribution in [3.05, 3.63) is 0 Å². The van der Waals surface area contributed by atoms with Crippen molar-refractivity contribution in [2.75, 3.05) is 26.8 Å². The Kier molecular flexibility index (Phi) is 7.42. The molecule has 0 aromatic rings. The Bertz CT molecular complexity index is 162. The number of amides is 1. The fourth-order valence-corrected chi connectivity index (χ4v) is 1.16. The van der Waals surface area contributed by atoms with Gasteiger partial charge < -0.3 is 15.4 Å². The molecule has 4 heteroatoms. The zero-order chi connectivity index (χ0) is 11.0. The monoisotopic (exact) mass is 202 g/mol. The molecule has 0 bridgehead atoms. The summed E-state index contributed by atoms with van der Waals surface area (Å²) in [5.74, 6) is 0.124. The standard InChI is InChI=1S/C10H22N2O2/c1-4-14-8-6-10(13)12(3)9(2)5-7-11/h9H,4-8,11H2,1-3H3. The zero-order valence-electron chi connectivity index (χ0n) is 9.45. The highest BCUT2D eigenvalue weighted by Crippen LogP contribution is 2.02. The Labute approximate surface area is 86.4 Å². The smallest absolute Gasteiger partial charge is 0.224 e.